The van der Waals surface area contributed by atoms with Crippen molar-refractivity contribution in [2.45, 2.75) is 19.6 Å². The normalized spacial score (nSPS) is 12.0. The molecule has 0 radical (unpaired) electrons. The highest BCUT2D eigenvalue weighted by atomic mass is 35.5. The molecule has 0 amide bonds. The van der Waals surface area contributed by atoms with E-state index in [-0.39, 0.29) is 12.2 Å². The van der Waals surface area contributed by atoms with Gasteiger partial charge in [0, 0.05) is 5.02 Å². The van der Waals surface area contributed by atoms with Crippen LogP contribution in [0, 0.1) is 6.92 Å². The summed E-state index contributed by atoms with van der Waals surface area (Å²) in [7, 11) is 0. The maximum absolute atomic E-state index is 11.0. The molecule has 0 aliphatic rings. The van der Waals surface area contributed by atoms with E-state index < -0.39 is 12.1 Å². The van der Waals surface area contributed by atoms with Gasteiger partial charge in [0.15, 0.2) is 6.10 Å². The van der Waals surface area contributed by atoms with E-state index >= 15 is 0 Å². The lowest BCUT2D eigenvalue weighted by Crippen LogP contribution is -2.14. The highest BCUT2D eigenvalue weighted by Gasteiger charge is 2.20. The van der Waals surface area contributed by atoms with Crippen molar-refractivity contribution in [3.05, 3.63) is 64.2 Å². The molecular formula is C16H15ClO4. The molecule has 2 aromatic rings. The highest BCUT2D eigenvalue weighted by molar-refractivity contribution is 6.30. The molecular weight excluding hydrogens is 292 g/mol. The van der Waals surface area contributed by atoms with Crippen LogP contribution in [0.15, 0.2) is 42.5 Å². The van der Waals surface area contributed by atoms with Crippen molar-refractivity contribution in [3.8, 4) is 5.75 Å². The molecule has 0 aliphatic carbocycles. The van der Waals surface area contributed by atoms with Crippen molar-refractivity contribution < 1.29 is 19.7 Å². The maximum atomic E-state index is 11.0. The van der Waals surface area contributed by atoms with Crippen LogP contribution in [-0.4, -0.2) is 16.2 Å². The van der Waals surface area contributed by atoms with Gasteiger partial charge in [-0.2, -0.15) is 0 Å². The van der Waals surface area contributed by atoms with Gasteiger partial charge in [-0.25, -0.2) is 4.79 Å². The molecule has 0 heterocycles. The number of aliphatic hydroxyl groups is 1. The Bertz CT molecular complexity index is 654. The smallest absolute Gasteiger partial charge is 0.337 e. The van der Waals surface area contributed by atoms with Gasteiger partial charge in [-0.05, 0) is 41.8 Å². The number of hydrogen-bond donors (Lipinski definition) is 2. The summed E-state index contributed by atoms with van der Waals surface area (Å²) in [5, 5.41) is 19.1. The van der Waals surface area contributed by atoms with Crippen molar-refractivity contribution in [3.63, 3.8) is 0 Å². The molecule has 110 valence electrons. The summed E-state index contributed by atoms with van der Waals surface area (Å²) in [6, 6.07) is 12.2. The van der Waals surface area contributed by atoms with Crippen LogP contribution in [0.1, 0.15) is 22.8 Å². The molecule has 0 fully saturated rings. The summed E-state index contributed by atoms with van der Waals surface area (Å²) >= 11 is 5.86. The Morgan fingerprint density at radius 3 is 2.67 bits per heavy atom. The zero-order chi connectivity index (χ0) is 15.4. The van der Waals surface area contributed by atoms with Crippen LogP contribution in [-0.2, 0) is 11.4 Å². The van der Waals surface area contributed by atoms with Gasteiger partial charge in [-0.1, -0.05) is 35.9 Å². The predicted molar refractivity (Wildman–Crippen MR) is 79.6 cm³/mol. The van der Waals surface area contributed by atoms with Gasteiger partial charge in [-0.15, -0.1) is 0 Å². The molecule has 0 saturated heterocycles. The number of carboxylic acid groups (broad SMARTS) is 1. The number of aliphatic hydroxyl groups excluding tert-OH is 1. The van der Waals surface area contributed by atoms with Crippen molar-refractivity contribution in [1.82, 2.24) is 0 Å². The van der Waals surface area contributed by atoms with E-state index in [1.165, 1.54) is 6.07 Å². The Morgan fingerprint density at radius 2 is 2.00 bits per heavy atom. The van der Waals surface area contributed by atoms with Crippen LogP contribution in [0.4, 0.5) is 0 Å². The molecule has 2 rings (SSSR count). The third kappa shape index (κ3) is 3.74. The average molecular weight is 307 g/mol. The first kappa shape index (κ1) is 15.4. The third-order valence-electron chi connectivity index (χ3n) is 3.11. The predicted octanol–water partition coefficient (Wildman–Crippen LogP) is 3.35. The third-order valence-corrected chi connectivity index (χ3v) is 3.35. The van der Waals surface area contributed by atoms with E-state index in [4.69, 9.17) is 21.4 Å². The Labute approximate surface area is 127 Å². The van der Waals surface area contributed by atoms with Gasteiger partial charge in [0.25, 0.3) is 0 Å². The Kier molecular flexibility index (Phi) is 4.83. The largest absolute Gasteiger partial charge is 0.489 e. The number of carbonyl (C=O) groups is 1. The second kappa shape index (κ2) is 6.61. The molecule has 0 aromatic heterocycles. The van der Waals surface area contributed by atoms with Gasteiger partial charge in [0.05, 0.1) is 0 Å². The molecule has 1 atom stereocenters. The Morgan fingerprint density at radius 1 is 1.29 bits per heavy atom. The van der Waals surface area contributed by atoms with Crippen LogP contribution in [0.5, 0.6) is 5.75 Å². The van der Waals surface area contributed by atoms with Crippen molar-refractivity contribution in [2.24, 2.45) is 0 Å². The first-order chi connectivity index (χ1) is 9.99. The van der Waals surface area contributed by atoms with Crippen LogP contribution >= 0.6 is 11.6 Å². The van der Waals surface area contributed by atoms with Crippen LogP contribution in [0.2, 0.25) is 5.02 Å². The summed E-state index contributed by atoms with van der Waals surface area (Å²) in [5.74, 6) is -0.613. The molecule has 21 heavy (non-hydrogen) atoms. The van der Waals surface area contributed by atoms with Crippen molar-refractivity contribution >= 4 is 17.6 Å². The van der Waals surface area contributed by atoms with E-state index in [2.05, 4.69) is 0 Å². The van der Waals surface area contributed by atoms with Gasteiger partial charge >= 0.3 is 5.97 Å². The number of hydrogen-bond acceptors (Lipinski definition) is 3. The fraction of sp³-hybridized carbons (Fsp3) is 0.188. The zero-order valence-corrected chi connectivity index (χ0v) is 12.2. The van der Waals surface area contributed by atoms with E-state index in [0.717, 1.165) is 5.56 Å². The van der Waals surface area contributed by atoms with Gasteiger partial charge in [-0.3, -0.25) is 0 Å². The molecule has 0 saturated carbocycles. The first-order valence-corrected chi connectivity index (χ1v) is 6.74. The number of aliphatic carboxylic acids is 1. The number of aryl methyl sites for hydroxylation is 1. The van der Waals surface area contributed by atoms with Gasteiger partial charge in [0.2, 0.25) is 0 Å². The molecule has 5 heteroatoms. The fourth-order valence-electron chi connectivity index (χ4n) is 1.96. The van der Waals surface area contributed by atoms with E-state index in [1.807, 2.05) is 31.2 Å². The summed E-state index contributed by atoms with van der Waals surface area (Å²) < 4.78 is 5.69. The summed E-state index contributed by atoms with van der Waals surface area (Å²) in [6.07, 6.45) is -1.63. The summed E-state index contributed by atoms with van der Waals surface area (Å²) in [6.45, 7) is 2.08. The maximum Gasteiger partial charge on any atom is 0.337 e. The van der Waals surface area contributed by atoms with E-state index in [9.17, 15) is 9.90 Å². The number of para-hydroxylation sites is 1. The van der Waals surface area contributed by atoms with E-state index in [0.29, 0.717) is 16.3 Å². The summed E-state index contributed by atoms with van der Waals surface area (Å²) in [5.41, 5.74) is 1.80. The number of halogens is 1. The Hall–Kier alpha value is -2.04. The molecule has 4 nitrogen and oxygen atoms in total. The van der Waals surface area contributed by atoms with Gasteiger partial charge in [0.1, 0.15) is 12.4 Å². The fourth-order valence-corrected chi connectivity index (χ4v) is 2.14. The second-order valence-corrected chi connectivity index (χ2v) is 5.07. The highest BCUT2D eigenvalue weighted by Crippen LogP contribution is 2.25. The van der Waals surface area contributed by atoms with E-state index in [1.54, 1.807) is 12.1 Å². The monoisotopic (exact) mass is 306 g/mol. The zero-order valence-electron chi connectivity index (χ0n) is 11.4. The first-order valence-electron chi connectivity index (χ1n) is 6.36. The van der Waals surface area contributed by atoms with Crippen molar-refractivity contribution in [2.75, 3.05) is 0 Å². The van der Waals surface area contributed by atoms with Crippen LogP contribution < -0.4 is 4.74 Å². The topological polar surface area (TPSA) is 66.8 Å². The standard InChI is InChI=1S/C16H15ClO4/c1-10-4-2-3-5-14(10)21-9-11-6-7-12(17)8-13(11)15(18)16(19)20/h2-8,15,18H,9H2,1H3,(H,19,20). The lowest BCUT2D eigenvalue weighted by atomic mass is 10.0. The lowest BCUT2D eigenvalue weighted by molar-refractivity contribution is -0.147. The molecule has 2 aromatic carbocycles. The van der Waals surface area contributed by atoms with Crippen LogP contribution in [0.25, 0.3) is 0 Å². The minimum atomic E-state index is -1.63. The second-order valence-electron chi connectivity index (χ2n) is 4.64. The lowest BCUT2D eigenvalue weighted by Gasteiger charge is -2.14. The summed E-state index contributed by atoms with van der Waals surface area (Å²) in [4.78, 5) is 11.0. The average Bonchev–Trinajstić information content (AvgIpc) is 2.46. The SMILES string of the molecule is Cc1ccccc1OCc1ccc(Cl)cc1C(O)C(=O)O. The number of rotatable bonds is 5. The van der Waals surface area contributed by atoms with Crippen molar-refractivity contribution in [1.29, 1.82) is 0 Å². The minimum Gasteiger partial charge on any atom is -0.489 e. The molecule has 0 aliphatic heterocycles. The minimum absolute atomic E-state index is 0.154. The Balaban J connectivity index is 2.24. The van der Waals surface area contributed by atoms with Gasteiger partial charge < -0.3 is 14.9 Å². The number of ether oxygens (including phenoxy) is 1. The number of benzene rings is 2. The quantitative estimate of drug-likeness (QED) is 0.889. The molecule has 1 unspecified atom stereocenters. The molecule has 0 bridgehead atoms. The molecule has 0 spiro atoms. The number of carboxylic acids is 1. The molecule has 2 N–H and O–H groups in total. The van der Waals surface area contributed by atoms with Crippen LogP contribution in [0.3, 0.4) is 0 Å².